The highest BCUT2D eigenvalue weighted by molar-refractivity contribution is 7.15. The molecule has 2 aromatic carbocycles. The Morgan fingerprint density at radius 1 is 1.00 bits per heavy atom. The summed E-state index contributed by atoms with van der Waals surface area (Å²) < 4.78 is 1.90. The van der Waals surface area contributed by atoms with Gasteiger partial charge in [-0.05, 0) is 69.3 Å². The molecule has 2 amide bonds. The van der Waals surface area contributed by atoms with Gasteiger partial charge >= 0.3 is 5.97 Å². The summed E-state index contributed by atoms with van der Waals surface area (Å²) in [5, 5.41) is 13.8. The predicted molar refractivity (Wildman–Crippen MR) is 203 cm³/mol. The molecule has 0 bridgehead atoms. The van der Waals surface area contributed by atoms with Gasteiger partial charge in [0.25, 0.3) is 5.91 Å². The molecule has 2 N–H and O–H groups in total. The van der Waals surface area contributed by atoms with Crippen molar-refractivity contribution < 1.29 is 19.5 Å². The molecule has 2 aromatic heterocycles. The number of nitrogens with zero attached hydrogens (tertiary/aromatic N) is 6. The lowest BCUT2D eigenvalue weighted by Crippen LogP contribution is -2.36. The Labute approximate surface area is 313 Å². The van der Waals surface area contributed by atoms with Crippen LogP contribution in [0.4, 0.5) is 5.69 Å². The maximum absolute atomic E-state index is 13.7. The highest BCUT2D eigenvalue weighted by Gasteiger charge is 2.31. The van der Waals surface area contributed by atoms with Gasteiger partial charge in [0, 0.05) is 54.8 Å². The van der Waals surface area contributed by atoms with E-state index in [0.29, 0.717) is 48.6 Å². The van der Waals surface area contributed by atoms with Crippen LogP contribution in [0.2, 0.25) is 5.02 Å². The number of anilines is 1. The van der Waals surface area contributed by atoms with Gasteiger partial charge in [0.05, 0.1) is 47.7 Å². The highest BCUT2D eigenvalue weighted by Crippen LogP contribution is 2.41. The van der Waals surface area contributed by atoms with E-state index in [9.17, 15) is 19.5 Å². The fourth-order valence-electron chi connectivity index (χ4n) is 7.85. The van der Waals surface area contributed by atoms with Crippen LogP contribution < -0.4 is 5.32 Å². The Balaban J connectivity index is 1.03. The first-order valence-corrected chi connectivity index (χ1v) is 19.3. The van der Waals surface area contributed by atoms with Crippen molar-refractivity contribution >= 4 is 46.4 Å². The van der Waals surface area contributed by atoms with Crippen LogP contribution in [0.5, 0.6) is 0 Å². The van der Waals surface area contributed by atoms with Crippen LogP contribution in [0, 0.1) is 18.8 Å². The summed E-state index contributed by atoms with van der Waals surface area (Å²) in [4.78, 5) is 55.0. The molecule has 1 saturated carbocycles. The zero-order valence-electron chi connectivity index (χ0n) is 30.2. The van der Waals surface area contributed by atoms with Crippen LogP contribution in [-0.2, 0) is 42.7 Å². The third-order valence-corrected chi connectivity index (χ3v) is 12.6. The fourth-order valence-corrected chi connectivity index (χ4v) is 9.29. The van der Waals surface area contributed by atoms with Crippen molar-refractivity contribution in [3.63, 3.8) is 0 Å². The van der Waals surface area contributed by atoms with Gasteiger partial charge in [0.2, 0.25) is 5.91 Å². The number of hydrogen-bond donors (Lipinski definition) is 2. The zero-order chi connectivity index (χ0) is 36.7. The van der Waals surface area contributed by atoms with Gasteiger partial charge in [-0.25, -0.2) is 9.97 Å². The molecule has 7 rings (SSSR count). The number of carboxylic acid groups (broad SMARTS) is 1. The Morgan fingerprint density at radius 3 is 2.46 bits per heavy atom. The van der Waals surface area contributed by atoms with E-state index in [-0.39, 0.29) is 17.7 Å². The molecule has 0 saturated heterocycles. The second kappa shape index (κ2) is 15.1. The van der Waals surface area contributed by atoms with E-state index in [2.05, 4.69) is 23.2 Å². The van der Waals surface area contributed by atoms with Crippen molar-refractivity contribution in [3.05, 3.63) is 74.8 Å². The number of aromatic nitrogens is 3. The number of amides is 2. The molecule has 52 heavy (non-hydrogen) atoms. The van der Waals surface area contributed by atoms with Gasteiger partial charge in [-0.15, -0.1) is 11.3 Å². The number of nitrogens with one attached hydrogen (secondary N) is 1. The van der Waals surface area contributed by atoms with Crippen LogP contribution >= 0.6 is 22.9 Å². The number of carbonyl (C=O) groups excluding carboxylic acids is 2. The number of hydrogen-bond acceptors (Lipinski definition) is 8. The number of fused-ring (bicyclic) bond motifs is 2. The first-order valence-electron chi connectivity index (χ1n) is 18.1. The minimum absolute atomic E-state index is 0.120. The number of halogens is 1. The van der Waals surface area contributed by atoms with E-state index in [0.717, 1.165) is 101 Å². The molecular weight excluding hydrogens is 698 g/mol. The lowest BCUT2D eigenvalue weighted by atomic mass is 9.81. The maximum Gasteiger partial charge on any atom is 0.306 e. The van der Waals surface area contributed by atoms with Crippen LogP contribution in [0.3, 0.4) is 0 Å². The average molecular weight is 744 g/mol. The molecule has 0 unspecified atom stereocenters. The summed E-state index contributed by atoms with van der Waals surface area (Å²) in [5.74, 6) is -0.237. The van der Waals surface area contributed by atoms with Gasteiger partial charge < -0.3 is 19.9 Å². The summed E-state index contributed by atoms with van der Waals surface area (Å²) in [5.41, 5.74) is 7.29. The molecule has 2 aliphatic heterocycles. The van der Waals surface area contributed by atoms with Crippen LogP contribution in [0.25, 0.3) is 21.7 Å². The number of aliphatic carboxylic acids is 1. The summed E-state index contributed by atoms with van der Waals surface area (Å²) >= 11 is 8.68. The minimum atomic E-state index is -0.675. The summed E-state index contributed by atoms with van der Waals surface area (Å²) in [6.45, 7) is 8.95. The molecule has 0 spiro atoms. The Bertz CT molecular complexity index is 1990. The third-order valence-electron chi connectivity index (χ3n) is 11.1. The van der Waals surface area contributed by atoms with Crippen molar-refractivity contribution in [1.82, 2.24) is 29.2 Å². The first-order chi connectivity index (χ1) is 25.0. The second-order valence-corrected chi connectivity index (χ2v) is 16.0. The molecule has 13 heteroatoms. The largest absolute Gasteiger partial charge is 0.481 e. The molecule has 4 aromatic rings. The zero-order valence-corrected chi connectivity index (χ0v) is 31.8. The molecule has 3 aliphatic rings. The molecule has 0 radical (unpaired) electrons. The number of likely N-dealkylation sites (N-methyl/N-ethyl adjacent to an activating group) is 1. The summed E-state index contributed by atoms with van der Waals surface area (Å²) in [6, 6.07) is 11.8. The minimum Gasteiger partial charge on any atom is -0.481 e. The van der Waals surface area contributed by atoms with Crippen molar-refractivity contribution in [2.24, 2.45) is 18.9 Å². The van der Waals surface area contributed by atoms with Crippen molar-refractivity contribution in [2.75, 3.05) is 38.5 Å². The number of carbonyl (C=O) groups is 3. The normalized spacial score (nSPS) is 18.8. The van der Waals surface area contributed by atoms with Crippen molar-refractivity contribution in [1.29, 1.82) is 0 Å². The smallest absolute Gasteiger partial charge is 0.306 e. The Morgan fingerprint density at radius 2 is 1.73 bits per heavy atom. The van der Waals surface area contributed by atoms with E-state index in [1.165, 1.54) is 0 Å². The number of thiazole rings is 1. The van der Waals surface area contributed by atoms with E-state index in [4.69, 9.17) is 21.6 Å². The second-order valence-electron chi connectivity index (χ2n) is 14.5. The SMILES string of the molecule is CCN(C)CC(=O)N1Cc2nc(-c3cccc(-c4cccc(NC(=O)c5nc6c(n5C)CCN(CC5CCC(C(=O)O)CC5)C6)c4Cl)c3C)sc2C1. The van der Waals surface area contributed by atoms with Crippen molar-refractivity contribution in [3.8, 4) is 21.7 Å². The van der Waals surface area contributed by atoms with E-state index in [1.54, 1.807) is 11.3 Å². The monoisotopic (exact) mass is 743 g/mol. The van der Waals surface area contributed by atoms with E-state index < -0.39 is 5.97 Å². The quantitative estimate of drug-likeness (QED) is 0.190. The highest BCUT2D eigenvalue weighted by atomic mass is 35.5. The number of imidazole rings is 1. The molecule has 274 valence electrons. The first kappa shape index (κ1) is 36.3. The molecule has 11 nitrogen and oxygen atoms in total. The molecule has 4 heterocycles. The van der Waals surface area contributed by atoms with Gasteiger partial charge in [0.15, 0.2) is 5.82 Å². The molecule has 1 fully saturated rings. The van der Waals surface area contributed by atoms with Gasteiger partial charge in [-0.3, -0.25) is 24.2 Å². The standard InChI is InChI=1S/C39H46ClN7O4S/c1-5-44(3)22-34(48)47-20-31-33(21-47)52-38(43-31)27-9-6-8-26(23(27)2)28-10-7-11-29(35(28)40)42-37(49)36-41-30-19-46(17-16-32(30)45(36)4)18-24-12-14-25(15-13-24)39(50)51/h6-11,24-25H,5,12-22H2,1-4H3,(H,42,49)(H,50,51). The predicted octanol–water partition coefficient (Wildman–Crippen LogP) is 6.47. The van der Waals surface area contributed by atoms with Gasteiger partial charge in [-0.2, -0.15) is 0 Å². The molecular formula is C39H46ClN7O4S. The van der Waals surface area contributed by atoms with Gasteiger partial charge in [-0.1, -0.05) is 48.9 Å². The Kier molecular flexibility index (Phi) is 10.5. The maximum atomic E-state index is 13.7. The Hall–Kier alpha value is -4.10. The van der Waals surface area contributed by atoms with Crippen molar-refractivity contribution in [2.45, 2.75) is 65.6 Å². The lowest BCUT2D eigenvalue weighted by molar-refractivity contribution is -0.143. The van der Waals surface area contributed by atoms with E-state index >= 15 is 0 Å². The number of benzene rings is 2. The number of carboxylic acids is 1. The summed E-state index contributed by atoms with van der Waals surface area (Å²) in [7, 11) is 3.85. The number of rotatable bonds is 10. The van der Waals surface area contributed by atoms with Crippen LogP contribution in [-0.4, -0.2) is 85.4 Å². The fraction of sp³-hybridized carbons (Fsp3) is 0.462. The molecule has 0 atom stereocenters. The average Bonchev–Trinajstić information content (AvgIpc) is 3.81. The summed E-state index contributed by atoms with van der Waals surface area (Å²) in [6.07, 6.45) is 4.17. The van der Waals surface area contributed by atoms with Gasteiger partial charge in [0.1, 0.15) is 5.01 Å². The topological polar surface area (TPSA) is 124 Å². The lowest BCUT2D eigenvalue weighted by Gasteiger charge is -2.33. The van der Waals surface area contributed by atoms with Crippen LogP contribution in [0.15, 0.2) is 36.4 Å². The molecule has 1 aliphatic carbocycles. The third kappa shape index (κ3) is 7.26. The van der Waals surface area contributed by atoms with Crippen LogP contribution in [0.1, 0.15) is 70.7 Å². The van der Waals surface area contributed by atoms with E-state index in [1.807, 2.05) is 65.7 Å².